The molecule has 0 bridgehead atoms. The van der Waals surface area contributed by atoms with Crippen molar-refractivity contribution in [1.82, 2.24) is 0 Å². The molecule has 1 aliphatic rings. The average Bonchev–Trinajstić information content (AvgIpc) is 2.59. The Kier molecular flexibility index (Phi) is 5.16. The van der Waals surface area contributed by atoms with Gasteiger partial charge in [-0.3, -0.25) is 0 Å². The second-order valence-electron chi connectivity index (χ2n) is 6.94. The zero-order valence-electron chi connectivity index (χ0n) is 14.9. The summed E-state index contributed by atoms with van der Waals surface area (Å²) in [5, 5.41) is 29.1. The lowest BCUT2D eigenvalue weighted by atomic mass is 9.63. The summed E-state index contributed by atoms with van der Waals surface area (Å²) in [6, 6.07) is 13.2. The van der Waals surface area contributed by atoms with Gasteiger partial charge in [-0.1, -0.05) is 42.5 Å². The first-order chi connectivity index (χ1) is 12.2. The van der Waals surface area contributed by atoms with Crippen LogP contribution >= 0.6 is 0 Å². The van der Waals surface area contributed by atoms with Crippen molar-refractivity contribution < 1.29 is 14.6 Å². The molecule has 0 saturated heterocycles. The summed E-state index contributed by atoms with van der Waals surface area (Å²) >= 11 is 0. The Morgan fingerprint density at radius 1 is 1.19 bits per heavy atom. The van der Waals surface area contributed by atoms with Crippen molar-refractivity contribution in [3.8, 4) is 12.1 Å². The summed E-state index contributed by atoms with van der Waals surface area (Å²) in [4.78, 5) is 11.0. The van der Waals surface area contributed by atoms with Gasteiger partial charge in [0, 0.05) is 6.08 Å². The minimum absolute atomic E-state index is 0.264. The first-order valence-corrected chi connectivity index (χ1v) is 8.10. The average molecular weight is 348 g/mol. The molecule has 2 rings (SSSR count). The fraction of sp³-hybridized carbons (Fsp3) is 0.286. The van der Waals surface area contributed by atoms with Crippen molar-refractivity contribution in [1.29, 1.82) is 10.5 Å². The van der Waals surface area contributed by atoms with Crippen molar-refractivity contribution in [3.05, 3.63) is 71.8 Å². The maximum atomic E-state index is 11.0. The Labute approximate surface area is 153 Å². The smallest absolute Gasteiger partial charge is 0.328 e. The maximum absolute atomic E-state index is 11.0. The number of hydrogen-bond donors (Lipinski definition) is 1. The molecule has 0 heterocycles. The molecule has 0 aliphatic heterocycles. The van der Waals surface area contributed by atoms with Gasteiger partial charge in [-0.25, -0.2) is 4.79 Å². The van der Waals surface area contributed by atoms with Gasteiger partial charge >= 0.3 is 5.97 Å². The number of nitriles is 2. The van der Waals surface area contributed by atoms with Crippen LogP contribution in [0, 0.1) is 28.1 Å². The summed E-state index contributed by atoms with van der Waals surface area (Å²) in [5.41, 5.74) is -2.90. The number of carbonyl (C=O) groups is 1. The number of ether oxygens (including phenoxy) is 1. The van der Waals surface area contributed by atoms with Gasteiger partial charge in [0.05, 0.1) is 17.7 Å². The van der Waals surface area contributed by atoms with Crippen molar-refractivity contribution in [2.75, 3.05) is 0 Å². The molecular weight excluding hydrogens is 328 g/mol. The second-order valence-corrected chi connectivity index (χ2v) is 6.94. The Morgan fingerprint density at radius 2 is 1.81 bits per heavy atom. The molecular formula is C21H20N2O3. The lowest BCUT2D eigenvalue weighted by Gasteiger charge is -2.46. The van der Waals surface area contributed by atoms with E-state index in [4.69, 9.17) is 9.84 Å². The van der Waals surface area contributed by atoms with Gasteiger partial charge in [0.15, 0.2) is 0 Å². The van der Waals surface area contributed by atoms with Gasteiger partial charge in [0.2, 0.25) is 5.41 Å². The van der Waals surface area contributed by atoms with Gasteiger partial charge in [0.25, 0.3) is 0 Å². The Bertz CT molecular complexity index is 847. The summed E-state index contributed by atoms with van der Waals surface area (Å²) in [7, 11) is 0. The van der Waals surface area contributed by atoms with Gasteiger partial charge < -0.3 is 9.84 Å². The van der Waals surface area contributed by atoms with E-state index in [1.807, 2.05) is 39.0 Å². The van der Waals surface area contributed by atoms with Crippen LogP contribution in [0.5, 0.6) is 0 Å². The molecule has 0 amide bonds. The van der Waals surface area contributed by atoms with Crippen molar-refractivity contribution in [2.45, 2.75) is 32.0 Å². The fourth-order valence-electron chi connectivity index (χ4n) is 3.06. The topological polar surface area (TPSA) is 94.1 Å². The zero-order valence-corrected chi connectivity index (χ0v) is 14.9. The predicted molar refractivity (Wildman–Crippen MR) is 96.6 cm³/mol. The number of rotatable bonds is 4. The molecule has 1 aromatic rings. The predicted octanol–water partition coefficient (Wildman–Crippen LogP) is 3.87. The largest absolute Gasteiger partial charge is 0.478 e. The van der Waals surface area contributed by atoms with Crippen LogP contribution in [0.4, 0.5) is 0 Å². The van der Waals surface area contributed by atoms with Crippen molar-refractivity contribution in [2.24, 2.45) is 5.41 Å². The highest BCUT2D eigenvalue weighted by molar-refractivity contribution is 5.80. The van der Waals surface area contributed by atoms with Crippen LogP contribution in [0.15, 0.2) is 66.3 Å². The van der Waals surface area contributed by atoms with Crippen LogP contribution in [-0.4, -0.2) is 16.7 Å². The molecule has 0 spiro atoms. The standard InChI is InChI=1S/C21H20N2O3/c1-19(2,3)26-21(17-8-5-4-6-9-17)13-7-10-16(11-12-18(24)25)20(21,14-22)15-23/h4-13H,1-3H3,(H,24,25). The summed E-state index contributed by atoms with van der Waals surface area (Å²) in [6.07, 6.45) is 7.15. The van der Waals surface area contributed by atoms with Crippen molar-refractivity contribution in [3.63, 3.8) is 0 Å². The van der Waals surface area contributed by atoms with E-state index >= 15 is 0 Å². The van der Waals surface area contributed by atoms with E-state index in [-0.39, 0.29) is 5.57 Å². The van der Waals surface area contributed by atoms with Crippen LogP contribution in [0.1, 0.15) is 26.3 Å². The van der Waals surface area contributed by atoms with E-state index in [1.54, 1.807) is 30.4 Å². The normalized spacial score (nSPS) is 21.7. The Hall–Kier alpha value is -3.15. The first-order valence-electron chi connectivity index (χ1n) is 8.10. The van der Waals surface area contributed by atoms with Crippen LogP contribution in [-0.2, 0) is 15.1 Å². The minimum Gasteiger partial charge on any atom is -0.478 e. The van der Waals surface area contributed by atoms with Gasteiger partial charge in [0.1, 0.15) is 5.60 Å². The molecule has 1 atom stereocenters. The zero-order chi connectivity index (χ0) is 19.4. The van der Waals surface area contributed by atoms with E-state index < -0.39 is 22.6 Å². The highest BCUT2D eigenvalue weighted by atomic mass is 16.5. The van der Waals surface area contributed by atoms with E-state index in [1.165, 1.54) is 6.08 Å². The van der Waals surface area contributed by atoms with E-state index in [9.17, 15) is 15.3 Å². The van der Waals surface area contributed by atoms with Crippen molar-refractivity contribution >= 4 is 5.97 Å². The molecule has 132 valence electrons. The monoisotopic (exact) mass is 348 g/mol. The number of aliphatic carboxylic acids is 1. The van der Waals surface area contributed by atoms with Crippen LogP contribution in [0.3, 0.4) is 0 Å². The molecule has 26 heavy (non-hydrogen) atoms. The molecule has 1 unspecified atom stereocenters. The minimum atomic E-state index is -1.75. The summed E-state index contributed by atoms with van der Waals surface area (Å²) in [6.45, 7) is 5.53. The fourth-order valence-corrected chi connectivity index (χ4v) is 3.06. The van der Waals surface area contributed by atoms with Gasteiger partial charge in [-0.05, 0) is 44.1 Å². The van der Waals surface area contributed by atoms with Crippen LogP contribution in [0.2, 0.25) is 0 Å². The second kappa shape index (κ2) is 7.00. The molecule has 0 radical (unpaired) electrons. The number of hydrogen-bond acceptors (Lipinski definition) is 4. The van der Waals surface area contributed by atoms with Crippen LogP contribution < -0.4 is 0 Å². The highest BCUT2D eigenvalue weighted by Crippen LogP contribution is 2.52. The number of allylic oxidation sites excluding steroid dienone is 3. The third-order valence-corrected chi connectivity index (χ3v) is 4.01. The van der Waals surface area contributed by atoms with Crippen LogP contribution in [0.25, 0.3) is 0 Å². The lowest BCUT2D eigenvalue weighted by Crippen LogP contribution is -2.50. The number of carboxylic acid groups (broad SMARTS) is 1. The first kappa shape index (κ1) is 19.2. The van der Waals surface area contributed by atoms with E-state index in [0.717, 1.165) is 6.08 Å². The molecule has 1 aromatic carbocycles. The third kappa shape index (κ3) is 3.31. The van der Waals surface area contributed by atoms with Gasteiger partial charge in [-0.15, -0.1) is 0 Å². The third-order valence-electron chi connectivity index (χ3n) is 4.01. The maximum Gasteiger partial charge on any atom is 0.328 e. The Morgan fingerprint density at radius 3 is 2.31 bits per heavy atom. The summed E-state index contributed by atoms with van der Waals surface area (Å²) < 4.78 is 6.33. The van der Waals surface area contributed by atoms with E-state index in [0.29, 0.717) is 5.56 Å². The molecule has 0 saturated carbocycles. The quantitative estimate of drug-likeness (QED) is 0.834. The number of nitrogens with zero attached hydrogens (tertiary/aromatic N) is 2. The Balaban J connectivity index is 2.80. The van der Waals surface area contributed by atoms with E-state index in [2.05, 4.69) is 12.1 Å². The molecule has 5 nitrogen and oxygen atoms in total. The highest BCUT2D eigenvalue weighted by Gasteiger charge is 2.58. The number of carboxylic acids is 1. The molecule has 1 N–H and O–H groups in total. The SMILES string of the molecule is CC(C)(C)OC1(c2ccccc2)C=CC=C(C=CC(=O)O)C1(C#N)C#N. The molecule has 1 aliphatic carbocycles. The lowest BCUT2D eigenvalue weighted by molar-refractivity contribution is -0.138. The molecule has 0 fully saturated rings. The summed E-state index contributed by atoms with van der Waals surface area (Å²) in [5.74, 6) is -1.16. The van der Waals surface area contributed by atoms with Gasteiger partial charge in [-0.2, -0.15) is 10.5 Å². The molecule has 0 aromatic heterocycles. The number of benzene rings is 1. The molecule has 5 heteroatoms.